The van der Waals surface area contributed by atoms with Gasteiger partial charge in [0.05, 0.1) is 22.9 Å². The molecule has 1 aliphatic rings. The highest BCUT2D eigenvalue weighted by atomic mass is 16.5. The van der Waals surface area contributed by atoms with E-state index in [1.807, 2.05) is 38.1 Å². The van der Waals surface area contributed by atoms with Gasteiger partial charge in [0, 0.05) is 5.69 Å². The molecule has 0 amide bonds. The molecule has 0 radical (unpaired) electrons. The normalized spacial score (nSPS) is 15.5. The first-order valence-corrected chi connectivity index (χ1v) is 7.67. The van der Waals surface area contributed by atoms with E-state index in [0.717, 1.165) is 33.9 Å². The van der Waals surface area contributed by atoms with E-state index >= 15 is 0 Å². The zero-order valence-electron chi connectivity index (χ0n) is 13.2. The predicted molar refractivity (Wildman–Crippen MR) is 87.7 cm³/mol. The maximum absolute atomic E-state index is 11.8. The molecule has 2 aromatic carbocycles. The predicted octanol–water partition coefficient (Wildman–Crippen LogP) is 2.10. The van der Waals surface area contributed by atoms with Gasteiger partial charge in [-0.2, -0.15) is 0 Å². The monoisotopic (exact) mass is 309 g/mol. The van der Waals surface area contributed by atoms with Crippen molar-refractivity contribution in [2.75, 3.05) is 12.3 Å². The maximum atomic E-state index is 11.8. The van der Waals surface area contributed by atoms with Crippen LogP contribution in [0.15, 0.2) is 46.4 Å². The Morgan fingerprint density at radius 3 is 2.48 bits per heavy atom. The lowest BCUT2D eigenvalue weighted by Crippen LogP contribution is -2.22. The van der Waals surface area contributed by atoms with Crippen molar-refractivity contribution < 1.29 is 9.53 Å². The van der Waals surface area contributed by atoms with Crippen LogP contribution in [0.4, 0.5) is 5.69 Å². The molecule has 0 saturated carbocycles. The van der Waals surface area contributed by atoms with Crippen molar-refractivity contribution in [1.82, 2.24) is 0 Å². The third-order valence-electron chi connectivity index (χ3n) is 3.77. The average molecular weight is 309 g/mol. The third kappa shape index (κ3) is 3.08. The smallest absolute Gasteiger partial charge is 0.338 e. The molecule has 1 heterocycles. The van der Waals surface area contributed by atoms with Crippen molar-refractivity contribution in [2.24, 2.45) is 9.98 Å². The lowest BCUT2D eigenvalue weighted by Gasteiger charge is -2.06. The van der Waals surface area contributed by atoms with Gasteiger partial charge in [-0.05, 0) is 48.7 Å². The number of aryl methyl sites for hydroxylation is 1. The number of hydrogen-bond acceptors (Lipinski definition) is 5. The fraction of sp³-hybridized carbons (Fsp3) is 0.278. The first-order valence-electron chi connectivity index (χ1n) is 7.67. The van der Waals surface area contributed by atoms with E-state index in [0.29, 0.717) is 12.2 Å². The van der Waals surface area contributed by atoms with Crippen LogP contribution >= 0.6 is 0 Å². The van der Waals surface area contributed by atoms with Crippen LogP contribution < -0.4 is 16.4 Å². The summed E-state index contributed by atoms with van der Waals surface area (Å²) < 4.78 is 5.12. The van der Waals surface area contributed by atoms with Gasteiger partial charge in [-0.25, -0.2) is 4.79 Å². The molecule has 0 fully saturated rings. The number of hydrogen-bond donors (Lipinski definition) is 1. The van der Waals surface area contributed by atoms with Crippen LogP contribution in [0.1, 0.15) is 41.0 Å². The van der Waals surface area contributed by atoms with E-state index in [1.165, 1.54) is 0 Å². The minimum absolute atomic E-state index is 0.285. The van der Waals surface area contributed by atoms with Crippen molar-refractivity contribution in [3.05, 3.63) is 63.8 Å². The standard InChI is InChI=1S/C18H19N3O2/c1-3-8-23-18(22)13-6-4-12(5-7-13)17-20-15-9-11(2)14(19)10-16(15)21-17/h4-7,9-10,17H,3,8,19H2,1-2H3. The Labute approximate surface area is 134 Å². The van der Waals surface area contributed by atoms with E-state index in [1.54, 1.807) is 12.1 Å². The Morgan fingerprint density at radius 1 is 1.17 bits per heavy atom. The van der Waals surface area contributed by atoms with Gasteiger partial charge in [0.25, 0.3) is 0 Å². The third-order valence-corrected chi connectivity index (χ3v) is 3.77. The first-order chi connectivity index (χ1) is 11.1. The number of nitrogens with zero attached hydrogens (tertiary/aromatic N) is 2. The number of fused-ring (bicyclic) bond motifs is 1. The summed E-state index contributed by atoms with van der Waals surface area (Å²) in [5, 5.41) is 1.66. The highest BCUT2D eigenvalue weighted by molar-refractivity contribution is 5.89. The van der Waals surface area contributed by atoms with E-state index in [4.69, 9.17) is 10.5 Å². The number of rotatable bonds is 4. The van der Waals surface area contributed by atoms with E-state index in [2.05, 4.69) is 9.98 Å². The fourth-order valence-corrected chi connectivity index (χ4v) is 2.42. The quantitative estimate of drug-likeness (QED) is 0.694. The second-order valence-corrected chi connectivity index (χ2v) is 5.59. The van der Waals surface area contributed by atoms with Gasteiger partial charge in [-0.3, -0.25) is 9.98 Å². The lowest BCUT2D eigenvalue weighted by atomic mass is 10.1. The highest BCUT2D eigenvalue weighted by Crippen LogP contribution is 2.20. The number of ether oxygens (including phenoxy) is 1. The molecule has 1 atom stereocenters. The number of anilines is 1. The van der Waals surface area contributed by atoms with Gasteiger partial charge in [-0.1, -0.05) is 19.1 Å². The van der Waals surface area contributed by atoms with Crippen LogP contribution in [0, 0.1) is 6.92 Å². The summed E-state index contributed by atoms with van der Waals surface area (Å²) in [5.74, 6) is -0.301. The zero-order chi connectivity index (χ0) is 16.4. The Kier molecular flexibility index (Phi) is 4.10. The molecule has 0 aliphatic carbocycles. The molecular weight excluding hydrogens is 290 g/mol. The number of nitrogens with two attached hydrogens (primary N) is 1. The Hall–Kier alpha value is -2.69. The molecule has 2 aromatic rings. The van der Waals surface area contributed by atoms with Crippen LogP contribution in [0.25, 0.3) is 0 Å². The molecule has 5 heteroatoms. The Balaban J connectivity index is 1.84. The van der Waals surface area contributed by atoms with Crippen molar-refractivity contribution in [3.63, 3.8) is 0 Å². The molecule has 5 nitrogen and oxygen atoms in total. The van der Waals surface area contributed by atoms with E-state index in [-0.39, 0.29) is 12.1 Å². The number of esters is 1. The molecule has 2 N–H and O–H groups in total. The Morgan fingerprint density at radius 2 is 1.83 bits per heavy atom. The second kappa shape index (κ2) is 6.20. The van der Waals surface area contributed by atoms with Crippen molar-refractivity contribution in [1.29, 1.82) is 0 Å². The number of carbonyl (C=O) groups is 1. The molecule has 23 heavy (non-hydrogen) atoms. The van der Waals surface area contributed by atoms with Gasteiger partial charge in [0.1, 0.15) is 0 Å². The minimum atomic E-state index is -0.301. The molecule has 0 saturated heterocycles. The molecule has 1 unspecified atom stereocenters. The van der Waals surface area contributed by atoms with Crippen LogP contribution in [0.3, 0.4) is 0 Å². The molecule has 118 valence electrons. The van der Waals surface area contributed by atoms with Crippen LogP contribution in [-0.4, -0.2) is 12.6 Å². The van der Waals surface area contributed by atoms with Crippen molar-refractivity contribution >= 4 is 11.7 Å². The molecule has 1 aliphatic heterocycles. The second-order valence-electron chi connectivity index (χ2n) is 5.59. The van der Waals surface area contributed by atoms with E-state index in [9.17, 15) is 4.79 Å². The summed E-state index contributed by atoms with van der Waals surface area (Å²) in [7, 11) is 0. The number of nitrogen functional groups attached to an aromatic ring is 1. The lowest BCUT2D eigenvalue weighted by molar-refractivity contribution is 0.0505. The van der Waals surface area contributed by atoms with Gasteiger partial charge < -0.3 is 10.5 Å². The Bertz CT molecular complexity index is 816. The molecule has 0 spiro atoms. The maximum Gasteiger partial charge on any atom is 0.338 e. The summed E-state index contributed by atoms with van der Waals surface area (Å²) in [5.41, 5.74) is 9.11. The topological polar surface area (TPSA) is 77.0 Å². The van der Waals surface area contributed by atoms with Gasteiger partial charge in [0.15, 0.2) is 6.17 Å². The summed E-state index contributed by atoms with van der Waals surface area (Å²) in [6.45, 7) is 4.35. The van der Waals surface area contributed by atoms with Crippen LogP contribution in [0.5, 0.6) is 0 Å². The van der Waals surface area contributed by atoms with Crippen LogP contribution in [0.2, 0.25) is 0 Å². The van der Waals surface area contributed by atoms with Gasteiger partial charge in [-0.15, -0.1) is 0 Å². The van der Waals surface area contributed by atoms with Crippen molar-refractivity contribution in [3.8, 4) is 0 Å². The number of benzene rings is 2. The minimum Gasteiger partial charge on any atom is -0.462 e. The van der Waals surface area contributed by atoms with Gasteiger partial charge >= 0.3 is 5.97 Å². The van der Waals surface area contributed by atoms with Gasteiger partial charge in [0.2, 0.25) is 0 Å². The molecule has 3 rings (SSSR count). The van der Waals surface area contributed by atoms with Crippen LogP contribution in [-0.2, 0) is 4.74 Å². The SMILES string of the molecule is CCCOC(=O)c1ccc(C2N=c3cc(C)c(N)cc3=N2)cc1. The summed E-state index contributed by atoms with van der Waals surface area (Å²) in [6.07, 6.45) is 0.525. The van der Waals surface area contributed by atoms with E-state index < -0.39 is 0 Å². The summed E-state index contributed by atoms with van der Waals surface area (Å²) in [4.78, 5) is 21.0. The average Bonchev–Trinajstić information content (AvgIpc) is 2.96. The molecule has 0 aromatic heterocycles. The highest BCUT2D eigenvalue weighted by Gasteiger charge is 2.14. The molecule has 0 bridgehead atoms. The summed E-state index contributed by atoms with van der Waals surface area (Å²) in [6, 6.07) is 11.0. The number of carbonyl (C=O) groups excluding carboxylic acids is 1. The fourth-order valence-electron chi connectivity index (χ4n) is 2.42. The first kappa shape index (κ1) is 15.2. The van der Waals surface area contributed by atoms with Crippen molar-refractivity contribution in [2.45, 2.75) is 26.4 Å². The summed E-state index contributed by atoms with van der Waals surface area (Å²) >= 11 is 0. The molecular formula is C18H19N3O2. The zero-order valence-corrected chi connectivity index (χ0v) is 13.2. The largest absolute Gasteiger partial charge is 0.462 e.